The highest BCUT2D eigenvalue weighted by Crippen LogP contribution is 2.24. The van der Waals surface area contributed by atoms with Gasteiger partial charge in [-0.3, -0.25) is 0 Å². The molecular formula is C9H14O. The largest absolute Gasteiger partial charge is 0.396 e. The van der Waals surface area contributed by atoms with Crippen LogP contribution in [0.3, 0.4) is 0 Å². The smallest absolute Gasteiger partial charge is 0.0496 e. The van der Waals surface area contributed by atoms with Crippen molar-refractivity contribution in [1.29, 1.82) is 0 Å². The Labute approximate surface area is 62.8 Å². The fraction of sp³-hybridized carbons (Fsp3) is 0.556. The molecule has 10 heavy (non-hydrogen) atoms. The number of hydrogen-bond donors (Lipinski definition) is 1. The monoisotopic (exact) mass is 138 g/mol. The van der Waals surface area contributed by atoms with E-state index in [1.165, 1.54) is 0 Å². The van der Waals surface area contributed by atoms with Gasteiger partial charge in [0.05, 0.1) is 0 Å². The van der Waals surface area contributed by atoms with Gasteiger partial charge in [-0.15, -0.1) is 18.9 Å². The molecule has 0 aliphatic rings. The van der Waals surface area contributed by atoms with Gasteiger partial charge in [-0.1, -0.05) is 13.0 Å². The van der Waals surface area contributed by atoms with Crippen LogP contribution < -0.4 is 0 Å². The maximum Gasteiger partial charge on any atom is 0.0496 e. The lowest BCUT2D eigenvalue weighted by molar-refractivity contribution is 0.149. The second-order valence-electron chi connectivity index (χ2n) is 2.84. The molecule has 0 aromatic carbocycles. The highest BCUT2D eigenvalue weighted by atomic mass is 16.3. The van der Waals surface area contributed by atoms with Crippen molar-refractivity contribution in [1.82, 2.24) is 0 Å². The molecule has 0 fully saturated rings. The molecule has 0 aromatic heterocycles. The predicted molar refractivity (Wildman–Crippen MR) is 43.5 cm³/mol. The molecule has 0 saturated carbocycles. The van der Waals surface area contributed by atoms with Crippen molar-refractivity contribution in [2.75, 3.05) is 6.61 Å². The molecule has 1 N–H and O–H groups in total. The van der Waals surface area contributed by atoms with Crippen molar-refractivity contribution >= 4 is 0 Å². The average molecular weight is 138 g/mol. The lowest BCUT2D eigenvalue weighted by atomic mass is 9.85. The molecule has 0 spiro atoms. The van der Waals surface area contributed by atoms with Crippen LogP contribution in [-0.2, 0) is 0 Å². The number of terminal acetylenes is 1. The zero-order valence-electron chi connectivity index (χ0n) is 6.43. The minimum absolute atomic E-state index is 0.128. The van der Waals surface area contributed by atoms with Crippen LogP contribution in [0.5, 0.6) is 0 Å². The Morgan fingerprint density at radius 1 is 1.80 bits per heavy atom. The van der Waals surface area contributed by atoms with Crippen molar-refractivity contribution in [3.63, 3.8) is 0 Å². The molecule has 0 amide bonds. The van der Waals surface area contributed by atoms with Crippen molar-refractivity contribution in [2.45, 2.75) is 19.8 Å². The normalized spacial score (nSPS) is 15.3. The second kappa shape index (κ2) is 4.14. The van der Waals surface area contributed by atoms with Gasteiger partial charge in [0, 0.05) is 18.4 Å². The van der Waals surface area contributed by atoms with Gasteiger partial charge >= 0.3 is 0 Å². The van der Waals surface area contributed by atoms with Crippen LogP contribution in [0, 0.1) is 17.8 Å². The maximum absolute atomic E-state index is 8.90. The third-order valence-electron chi connectivity index (χ3n) is 1.55. The lowest BCUT2D eigenvalue weighted by Crippen LogP contribution is -2.19. The maximum atomic E-state index is 8.90. The summed E-state index contributed by atoms with van der Waals surface area (Å²) in [7, 11) is 0. The van der Waals surface area contributed by atoms with E-state index >= 15 is 0 Å². The Morgan fingerprint density at radius 2 is 2.40 bits per heavy atom. The number of rotatable bonds is 4. The summed E-state index contributed by atoms with van der Waals surface area (Å²) in [6.07, 6.45) is 8.29. The topological polar surface area (TPSA) is 20.2 Å². The molecule has 0 heterocycles. The summed E-state index contributed by atoms with van der Waals surface area (Å²) in [4.78, 5) is 0. The summed E-state index contributed by atoms with van der Waals surface area (Å²) in [6, 6.07) is 0. The first-order valence-electron chi connectivity index (χ1n) is 3.34. The van der Waals surface area contributed by atoms with E-state index in [2.05, 4.69) is 12.5 Å². The molecule has 0 radical (unpaired) electrons. The molecule has 0 aromatic rings. The van der Waals surface area contributed by atoms with Gasteiger partial charge in [0.25, 0.3) is 0 Å². The molecule has 0 bridgehead atoms. The standard InChI is InChI=1S/C9H14O/c1-4-6-9(3,8-10)7-5-2/h1,5,10H,2,6-8H2,3H3. The van der Waals surface area contributed by atoms with Crippen molar-refractivity contribution in [3.05, 3.63) is 12.7 Å². The van der Waals surface area contributed by atoms with E-state index in [0.29, 0.717) is 6.42 Å². The summed E-state index contributed by atoms with van der Waals surface area (Å²) >= 11 is 0. The molecule has 1 heteroatoms. The van der Waals surface area contributed by atoms with E-state index in [1.54, 1.807) is 6.08 Å². The lowest BCUT2D eigenvalue weighted by Gasteiger charge is -2.22. The quantitative estimate of drug-likeness (QED) is 0.462. The van der Waals surface area contributed by atoms with Crippen LogP contribution in [0.4, 0.5) is 0 Å². The van der Waals surface area contributed by atoms with Crippen molar-refractivity contribution < 1.29 is 5.11 Å². The fourth-order valence-electron chi connectivity index (χ4n) is 0.787. The number of allylic oxidation sites excluding steroid dienone is 1. The van der Waals surface area contributed by atoms with Gasteiger partial charge < -0.3 is 5.11 Å². The fourth-order valence-corrected chi connectivity index (χ4v) is 0.787. The highest BCUT2D eigenvalue weighted by molar-refractivity contribution is 4.95. The summed E-state index contributed by atoms with van der Waals surface area (Å²) in [5.41, 5.74) is -0.156. The Bertz CT molecular complexity index is 143. The van der Waals surface area contributed by atoms with Crippen LogP contribution in [0.2, 0.25) is 0 Å². The second-order valence-corrected chi connectivity index (χ2v) is 2.84. The number of aliphatic hydroxyl groups excluding tert-OH is 1. The molecule has 56 valence electrons. The van der Waals surface area contributed by atoms with Crippen LogP contribution >= 0.6 is 0 Å². The van der Waals surface area contributed by atoms with Gasteiger partial charge in [-0.05, 0) is 6.42 Å². The van der Waals surface area contributed by atoms with E-state index in [-0.39, 0.29) is 12.0 Å². The van der Waals surface area contributed by atoms with E-state index in [1.807, 2.05) is 6.92 Å². The summed E-state index contributed by atoms with van der Waals surface area (Å²) < 4.78 is 0. The molecular weight excluding hydrogens is 124 g/mol. The van der Waals surface area contributed by atoms with E-state index in [4.69, 9.17) is 11.5 Å². The first kappa shape index (κ1) is 9.26. The third-order valence-corrected chi connectivity index (χ3v) is 1.55. The average Bonchev–Trinajstić information content (AvgIpc) is 1.89. The van der Waals surface area contributed by atoms with Gasteiger partial charge in [0.2, 0.25) is 0 Å². The predicted octanol–water partition coefficient (Wildman–Crippen LogP) is 1.58. The SMILES string of the molecule is C#CCC(C)(CO)CC=C. The van der Waals surface area contributed by atoms with Crippen molar-refractivity contribution in [2.24, 2.45) is 5.41 Å². The molecule has 0 aliphatic heterocycles. The molecule has 1 unspecified atom stereocenters. The van der Waals surface area contributed by atoms with Gasteiger partial charge in [0.1, 0.15) is 0 Å². The molecule has 1 atom stereocenters. The Hall–Kier alpha value is -0.740. The van der Waals surface area contributed by atoms with Crippen LogP contribution in [0.15, 0.2) is 12.7 Å². The van der Waals surface area contributed by atoms with Gasteiger partial charge in [-0.2, -0.15) is 0 Å². The minimum Gasteiger partial charge on any atom is -0.396 e. The Kier molecular flexibility index (Phi) is 3.83. The first-order chi connectivity index (χ1) is 4.68. The Morgan fingerprint density at radius 3 is 2.70 bits per heavy atom. The molecule has 0 saturated heterocycles. The first-order valence-corrected chi connectivity index (χ1v) is 3.34. The highest BCUT2D eigenvalue weighted by Gasteiger charge is 2.19. The molecule has 1 nitrogen and oxygen atoms in total. The van der Waals surface area contributed by atoms with Crippen LogP contribution in [0.25, 0.3) is 0 Å². The summed E-state index contributed by atoms with van der Waals surface area (Å²) in [5.74, 6) is 2.54. The van der Waals surface area contributed by atoms with Crippen LogP contribution in [0.1, 0.15) is 19.8 Å². The zero-order chi connectivity index (χ0) is 8.04. The molecule has 0 rings (SSSR count). The van der Waals surface area contributed by atoms with E-state index < -0.39 is 0 Å². The molecule has 0 aliphatic carbocycles. The van der Waals surface area contributed by atoms with Crippen molar-refractivity contribution in [3.8, 4) is 12.3 Å². The third kappa shape index (κ3) is 2.70. The zero-order valence-corrected chi connectivity index (χ0v) is 6.43. The van der Waals surface area contributed by atoms with E-state index in [9.17, 15) is 0 Å². The van der Waals surface area contributed by atoms with Gasteiger partial charge in [0.15, 0.2) is 0 Å². The van der Waals surface area contributed by atoms with Gasteiger partial charge in [-0.25, -0.2) is 0 Å². The Balaban J connectivity index is 3.96. The number of hydrogen-bond acceptors (Lipinski definition) is 1. The summed E-state index contributed by atoms with van der Waals surface area (Å²) in [5, 5.41) is 8.90. The summed E-state index contributed by atoms with van der Waals surface area (Å²) in [6.45, 7) is 5.68. The van der Waals surface area contributed by atoms with Crippen LogP contribution in [-0.4, -0.2) is 11.7 Å². The van der Waals surface area contributed by atoms with E-state index in [0.717, 1.165) is 6.42 Å². The minimum atomic E-state index is -0.156. The number of aliphatic hydroxyl groups is 1.